The van der Waals surface area contributed by atoms with Gasteiger partial charge in [0.05, 0.1) is 0 Å². The topological polar surface area (TPSA) is 55.4 Å². The molecular weight excluding hydrogens is 256 g/mol. The van der Waals surface area contributed by atoms with Gasteiger partial charge >= 0.3 is 14.8 Å². The van der Waals surface area contributed by atoms with Gasteiger partial charge in [0.1, 0.15) is 6.10 Å². The fraction of sp³-hybridized carbons (Fsp3) is 1.00. The Morgan fingerprint density at radius 1 is 0.944 bits per heavy atom. The first-order valence-corrected chi connectivity index (χ1v) is 8.27. The van der Waals surface area contributed by atoms with Crippen molar-refractivity contribution in [3.8, 4) is 0 Å². The summed E-state index contributed by atoms with van der Waals surface area (Å²) < 4.78 is 32.8. The zero-order chi connectivity index (χ0) is 14.2. The summed E-state index contributed by atoms with van der Waals surface area (Å²) in [5, 5.41) is 0. The molecule has 0 aliphatic carbocycles. The third-order valence-electron chi connectivity index (χ3n) is 2.56. The van der Waals surface area contributed by atoms with Crippen LogP contribution in [0.1, 0.15) is 20.8 Å². The van der Waals surface area contributed by atoms with E-state index in [9.17, 15) is 0 Å². The molecule has 18 heavy (non-hydrogen) atoms. The lowest BCUT2D eigenvalue weighted by Crippen LogP contribution is -2.54. The van der Waals surface area contributed by atoms with Crippen molar-refractivity contribution in [2.45, 2.75) is 39.4 Å². The van der Waals surface area contributed by atoms with Crippen molar-refractivity contribution in [1.82, 2.24) is 0 Å². The van der Waals surface area contributed by atoms with E-state index in [1.807, 2.05) is 20.4 Å². The van der Waals surface area contributed by atoms with Gasteiger partial charge in [-0.15, -0.1) is 0 Å². The van der Waals surface area contributed by atoms with Crippen LogP contribution in [0.25, 0.3) is 0 Å². The van der Waals surface area contributed by atoms with E-state index in [-0.39, 0.29) is 0 Å². The normalized spacial score (nSPS) is 14.8. The zero-order valence-electron chi connectivity index (χ0n) is 12.4. The predicted molar refractivity (Wildman–Crippen MR) is 69.2 cm³/mol. The number of hydrogen-bond acceptors (Lipinski definition) is 6. The molecule has 0 radical (unpaired) electrons. The average molecular weight is 282 g/mol. The van der Waals surface area contributed by atoms with Crippen LogP contribution in [0.5, 0.6) is 0 Å². The molecule has 6 nitrogen and oxygen atoms in total. The maximum Gasteiger partial charge on any atom is 0.498 e. The van der Waals surface area contributed by atoms with E-state index in [0.717, 1.165) is 0 Å². The minimum Gasteiger partial charge on any atom is -0.374 e. The van der Waals surface area contributed by atoms with Crippen molar-refractivity contribution in [2.24, 2.45) is 0 Å². The lowest BCUT2D eigenvalue weighted by Gasteiger charge is -2.37. The summed E-state index contributed by atoms with van der Waals surface area (Å²) in [5.74, 6) is -1.26. The van der Waals surface area contributed by atoms with Gasteiger partial charge < -0.3 is 27.5 Å². The molecule has 0 aromatic rings. The second-order valence-electron chi connectivity index (χ2n) is 3.70. The molecule has 0 aromatic carbocycles. The van der Waals surface area contributed by atoms with Gasteiger partial charge in [-0.05, 0) is 20.8 Å². The van der Waals surface area contributed by atoms with Crippen LogP contribution in [0.4, 0.5) is 0 Å². The summed E-state index contributed by atoms with van der Waals surface area (Å²) >= 11 is 0. The molecule has 0 N–H and O–H groups in total. The first-order valence-electron chi connectivity index (χ1n) is 6.04. The lowest BCUT2D eigenvalue weighted by atomic mass is 10.3. The van der Waals surface area contributed by atoms with Crippen molar-refractivity contribution in [1.29, 1.82) is 0 Å². The van der Waals surface area contributed by atoms with Crippen LogP contribution < -0.4 is 0 Å². The molecule has 0 bridgehead atoms. The first kappa shape index (κ1) is 18.0. The van der Waals surface area contributed by atoms with Crippen LogP contribution in [0, 0.1) is 0 Å². The summed E-state index contributed by atoms with van der Waals surface area (Å²) in [6.07, 6.45) is -0.493. The van der Waals surface area contributed by atoms with E-state index >= 15 is 0 Å². The van der Waals surface area contributed by atoms with Gasteiger partial charge in [-0.25, -0.2) is 0 Å². The molecule has 0 aliphatic heterocycles. The Kier molecular flexibility index (Phi) is 8.20. The van der Waals surface area contributed by atoms with Gasteiger partial charge in [-0.1, -0.05) is 0 Å². The Bertz CT molecular complexity index is 207. The molecule has 1 unspecified atom stereocenters. The Morgan fingerprint density at radius 3 is 1.61 bits per heavy atom. The molecule has 110 valence electrons. The van der Waals surface area contributed by atoms with Gasteiger partial charge in [0, 0.05) is 41.1 Å². The summed E-state index contributed by atoms with van der Waals surface area (Å²) in [6, 6.07) is 0. The monoisotopic (exact) mass is 282 g/mol. The van der Waals surface area contributed by atoms with E-state index in [0.29, 0.717) is 13.2 Å². The Hall–Kier alpha value is -0.0231. The van der Waals surface area contributed by atoms with Gasteiger partial charge in [0.15, 0.2) is 0 Å². The zero-order valence-corrected chi connectivity index (χ0v) is 13.4. The molecule has 7 heteroatoms. The number of methoxy groups -OCH3 is 3. The standard InChI is InChI=1S/C11H26O6Si/c1-8-15-18(7,16-9-2)17-10(3)11(12-4,13-5)14-6/h10H,8-9H2,1-7H3. The van der Waals surface area contributed by atoms with Crippen LogP contribution in [0.2, 0.25) is 6.55 Å². The molecule has 1 atom stereocenters. The molecule has 0 heterocycles. The highest BCUT2D eigenvalue weighted by Gasteiger charge is 2.45. The smallest absolute Gasteiger partial charge is 0.374 e. The number of rotatable bonds is 10. The summed E-state index contributed by atoms with van der Waals surface area (Å²) in [4.78, 5) is 0. The predicted octanol–water partition coefficient (Wildman–Crippen LogP) is 1.63. The van der Waals surface area contributed by atoms with Gasteiger partial charge in [-0.2, -0.15) is 0 Å². The van der Waals surface area contributed by atoms with E-state index in [1.165, 1.54) is 21.3 Å². The molecule has 0 amide bonds. The first-order chi connectivity index (χ1) is 8.43. The van der Waals surface area contributed by atoms with Crippen molar-refractivity contribution in [3.05, 3.63) is 0 Å². The minimum atomic E-state index is -2.71. The largest absolute Gasteiger partial charge is 0.498 e. The van der Waals surface area contributed by atoms with Gasteiger partial charge in [0.2, 0.25) is 0 Å². The minimum absolute atomic E-state index is 0.493. The lowest BCUT2D eigenvalue weighted by molar-refractivity contribution is -0.384. The van der Waals surface area contributed by atoms with E-state index < -0.39 is 20.9 Å². The Morgan fingerprint density at radius 2 is 1.33 bits per heavy atom. The Labute approximate surface area is 111 Å². The van der Waals surface area contributed by atoms with Crippen LogP contribution in [-0.2, 0) is 27.5 Å². The molecular formula is C11H26O6Si. The molecule has 0 saturated carbocycles. The highest BCUT2D eigenvalue weighted by atomic mass is 28.4. The molecule has 0 aromatic heterocycles. The SMILES string of the molecule is CCO[Si](C)(OCC)OC(C)C(OC)(OC)OC. The number of ether oxygens (including phenoxy) is 3. The van der Waals surface area contributed by atoms with Crippen molar-refractivity contribution >= 4 is 8.80 Å². The molecule has 0 rings (SSSR count). The fourth-order valence-corrected chi connectivity index (χ4v) is 3.83. The Balaban J connectivity index is 4.80. The highest BCUT2D eigenvalue weighted by Crippen LogP contribution is 2.24. The third-order valence-corrected chi connectivity index (χ3v) is 4.96. The van der Waals surface area contributed by atoms with E-state index in [2.05, 4.69) is 0 Å². The molecule has 0 spiro atoms. The van der Waals surface area contributed by atoms with Crippen LogP contribution in [0.3, 0.4) is 0 Å². The molecule has 0 fully saturated rings. The molecule has 0 aliphatic rings. The van der Waals surface area contributed by atoms with E-state index in [1.54, 1.807) is 6.92 Å². The highest BCUT2D eigenvalue weighted by molar-refractivity contribution is 6.59. The van der Waals surface area contributed by atoms with Crippen molar-refractivity contribution in [2.75, 3.05) is 34.5 Å². The summed E-state index contributed by atoms with van der Waals surface area (Å²) in [7, 11) is 1.77. The number of hydrogen-bond donors (Lipinski definition) is 0. The third kappa shape index (κ3) is 4.58. The second kappa shape index (κ2) is 8.21. The van der Waals surface area contributed by atoms with Crippen LogP contribution in [-0.4, -0.2) is 55.4 Å². The quantitative estimate of drug-likeness (QED) is 0.448. The van der Waals surface area contributed by atoms with Crippen molar-refractivity contribution < 1.29 is 27.5 Å². The van der Waals surface area contributed by atoms with Crippen LogP contribution >= 0.6 is 0 Å². The van der Waals surface area contributed by atoms with Crippen molar-refractivity contribution in [3.63, 3.8) is 0 Å². The second-order valence-corrected chi connectivity index (χ2v) is 6.24. The van der Waals surface area contributed by atoms with E-state index in [4.69, 9.17) is 27.5 Å². The maximum absolute atomic E-state index is 5.88. The van der Waals surface area contributed by atoms with Gasteiger partial charge in [0.25, 0.3) is 0 Å². The maximum atomic E-state index is 5.88. The molecule has 0 saturated heterocycles. The fourth-order valence-electron chi connectivity index (χ4n) is 1.78. The summed E-state index contributed by atoms with van der Waals surface area (Å²) in [5.41, 5.74) is 0. The van der Waals surface area contributed by atoms with Gasteiger partial charge in [-0.3, -0.25) is 0 Å². The van der Waals surface area contributed by atoms with Crippen LogP contribution in [0.15, 0.2) is 0 Å². The average Bonchev–Trinajstić information content (AvgIpc) is 2.32. The summed E-state index contributed by atoms with van der Waals surface area (Å²) in [6.45, 7) is 8.47.